The molecule has 0 radical (unpaired) electrons. The van der Waals surface area contributed by atoms with E-state index >= 15 is 0 Å². The van der Waals surface area contributed by atoms with Gasteiger partial charge in [0.2, 0.25) is 0 Å². The first-order valence-electron chi connectivity index (χ1n) is 4.67. The lowest BCUT2D eigenvalue weighted by Crippen LogP contribution is -1.96. The van der Waals surface area contributed by atoms with E-state index in [0.29, 0.717) is 10.6 Å². The molecule has 2 rings (SSSR count). The van der Waals surface area contributed by atoms with Gasteiger partial charge in [0.25, 0.3) is 0 Å². The summed E-state index contributed by atoms with van der Waals surface area (Å²) in [7, 11) is 0. The molecule has 0 fully saturated rings. The summed E-state index contributed by atoms with van der Waals surface area (Å²) < 4.78 is 0. The van der Waals surface area contributed by atoms with Crippen LogP contribution in [0, 0.1) is 6.92 Å². The average molecular weight is 253 g/mol. The predicted molar refractivity (Wildman–Crippen MR) is 66.5 cm³/mol. The van der Waals surface area contributed by atoms with Gasteiger partial charge in [-0.15, -0.1) is 11.3 Å². The lowest BCUT2D eigenvalue weighted by molar-refractivity contribution is 0.0698. The number of hydrogen-bond donors (Lipinski definition) is 1. The number of halogens is 1. The zero-order valence-corrected chi connectivity index (χ0v) is 10.1. The zero-order chi connectivity index (χ0) is 11.7. The molecule has 0 atom stereocenters. The molecule has 82 valence electrons. The predicted octanol–water partition coefficient (Wildman–Crippen LogP) is 4.08. The second-order valence-corrected chi connectivity index (χ2v) is 4.92. The Morgan fingerprint density at radius 2 is 2.19 bits per heavy atom. The lowest BCUT2D eigenvalue weighted by atomic mass is 10.0. The fourth-order valence-electron chi connectivity index (χ4n) is 1.61. The first-order valence-corrected chi connectivity index (χ1v) is 5.92. The van der Waals surface area contributed by atoms with Crippen molar-refractivity contribution in [2.24, 2.45) is 0 Å². The second-order valence-electron chi connectivity index (χ2n) is 3.40. The maximum atomic E-state index is 11.1. The van der Waals surface area contributed by atoms with Crippen molar-refractivity contribution in [2.75, 3.05) is 0 Å². The highest BCUT2D eigenvalue weighted by atomic mass is 35.5. The molecule has 1 aromatic carbocycles. The molecule has 0 aliphatic carbocycles. The number of rotatable bonds is 2. The van der Waals surface area contributed by atoms with Gasteiger partial charge in [0.05, 0.1) is 5.56 Å². The molecule has 1 heterocycles. The fourth-order valence-corrected chi connectivity index (χ4v) is 2.66. The summed E-state index contributed by atoms with van der Waals surface area (Å²) in [5.41, 5.74) is 1.95. The molecular weight excluding hydrogens is 244 g/mol. The molecule has 0 saturated heterocycles. The van der Waals surface area contributed by atoms with Crippen LogP contribution in [0.25, 0.3) is 11.1 Å². The number of aryl methyl sites for hydroxylation is 1. The molecule has 0 aliphatic heterocycles. The summed E-state index contributed by atoms with van der Waals surface area (Å²) in [6.45, 7) is 1.91. The van der Waals surface area contributed by atoms with Crippen molar-refractivity contribution in [3.05, 3.63) is 45.1 Å². The number of benzene rings is 1. The largest absolute Gasteiger partial charge is 0.478 e. The van der Waals surface area contributed by atoms with Gasteiger partial charge >= 0.3 is 5.97 Å². The molecule has 16 heavy (non-hydrogen) atoms. The number of carboxylic acid groups (broad SMARTS) is 1. The quantitative estimate of drug-likeness (QED) is 0.875. The number of carboxylic acids is 1. The highest BCUT2D eigenvalue weighted by molar-refractivity contribution is 7.10. The third kappa shape index (κ3) is 1.96. The van der Waals surface area contributed by atoms with Gasteiger partial charge in [-0.2, -0.15) is 0 Å². The van der Waals surface area contributed by atoms with Crippen LogP contribution in [-0.2, 0) is 0 Å². The van der Waals surface area contributed by atoms with Gasteiger partial charge < -0.3 is 5.11 Å². The first-order chi connectivity index (χ1) is 7.59. The molecule has 0 spiro atoms. The molecule has 4 heteroatoms. The van der Waals surface area contributed by atoms with Crippen LogP contribution in [-0.4, -0.2) is 11.1 Å². The van der Waals surface area contributed by atoms with Crippen molar-refractivity contribution in [3.63, 3.8) is 0 Å². The van der Waals surface area contributed by atoms with Crippen LogP contribution in [0.2, 0.25) is 5.02 Å². The fraction of sp³-hybridized carbons (Fsp3) is 0.0833. The summed E-state index contributed by atoms with van der Waals surface area (Å²) in [6.07, 6.45) is 0. The van der Waals surface area contributed by atoms with E-state index in [1.807, 2.05) is 19.1 Å². The number of thiophene rings is 1. The van der Waals surface area contributed by atoms with Gasteiger partial charge in [0.1, 0.15) is 0 Å². The smallest absolute Gasteiger partial charge is 0.337 e. The van der Waals surface area contributed by atoms with E-state index in [9.17, 15) is 4.79 Å². The Kier molecular flexibility index (Phi) is 2.99. The van der Waals surface area contributed by atoms with Crippen molar-refractivity contribution in [1.82, 2.24) is 0 Å². The van der Waals surface area contributed by atoms with Gasteiger partial charge in [-0.05, 0) is 24.6 Å². The maximum Gasteiger partial charge on any atom is 0.337 e. The molecule has 0 aliphatic rings. The summed E-state index contributed by atoms with van der Waals surface area (Å²) >= 11 is 7.34. The molecule has 2 aromatic rings. The Bertz CT molecular complexity index is 546. The Hall–Kier alpha value is -1.32. The van der Waals surface area contributed by atoms with Crippen molar-refractivity contribution in [1.29, 1.82) is 0 Å². The van der Waals surface area contributed by atoms with Crippen LogP contribution >= 0.6 is 22.9 Å². The molecule has 0 bridgehead atoms. The van der Waals surface area contributed by atoms with E-state index in [0.717, 1.165) is 16.0 Å². The Morgan fingerprint density at radius 3 is 2.81 bits per heavy atom. The van der Waals surface area contributed by atoms with E-state index in [2.05, 4.69) is 0 Å². The van der Waals surface area contributed by atoms with Crippen LogP contribution in [0.5, 0.6) is 0 Å². The van der Waals surface area contributed by atoms with E-state index < -0.39 is 5.97 Å². The van der Waals surface area contributed by atoms with Crippen LogP contribution < -0.4 is 0 Å². The zero-order valence-electron chi connectivity index (χ0n) is 8.53. The highest BCUT2D eigenvalue weighted by Gasteiger charge is 2.16. The van der Waals surface area contributed by atoms with Crippen LogP contribution in [0.15, 0.2) is 29.6 Å². The van der Waals surface area contributed by atoms with Gasteiger partial charge in [-0.25, -0.2) is 4.79 Å². The summed E-state index contributed by atoms with van der Waals surface area (Å²) in [5, 5.41) is 11.4. The average Bonchev–Trinajstić information content (AvgIpc) is 2.60. The number of hydrogen-bond acceptors (Lipinski definition) is 2. The van der Waals surface area contributed by atoms with Crippen molar-refractivity contribution < 1.29 is 9.90 Å². The van der Waals surface area contributed by atoms with Crippen LogP contribution in [0.3, 0.4) is 0 Å². The third-order valence-corrected chi connectivity index (χ3v) is 3.46. The summed E-state index contributed by atoms with van der Waals surface area (Å²) in [4.78, 5) is 12.1. The van der Waals surface area contributed by atoms with Crippen molar-refractivity contribution in [2.45, 2.75) is 6.92 Å². The minimum absolute atomic E-state index is 0.338. The molecule has 1 aromatic heterocycles. The standard InChI is InChI=1S/C12H9ClO2S/c1-7-11(10(6-16-7)12(14)15)8-3-2-4-9(13)5-8/h2-6H,1H3,(H,14,15). The minimum atomic E-state index is -0.903. The number of aromatic carboxylic acids is 1. The topological polar surface area (TPSA) is 37.3 Å². The first kappa shape index (κ1) is 11.2. The normalized spacial score (nSPS) is 10.4. The van der Waals surface area contributed by atoms with Crippen LogP contribution in [0.4, 0.5) is 0 Å². The van der Waals surface area contributed by atoms with E-state index in [1.54, 1.807) is 17.5 Å². The Labute approximate surface area is 102 Å². The molecule has 2 nitrogen and oxygen atoms in total. The van der Waals surface area contributed by atoms with Crippen LogP contribution in [0.1, 0.15) is 15.2 Å². The number of carbonyl (C=O) groups is 1. The van der Waals surface area contributed by atoms with E-state index in [1.165, 1.54) is 11.3 Å². The Morgan fingerprint density at radius 1 is 1.44 bits per heavy atom. The van der Waals surface area contributed by atoms with Crippen molar-refractivity contribution in [3.8, 4) is 11.1 Å². The summed E-state index contributed by atoms with van der Waals surface area (Å²) in [6, 6.07) is 7.24. The van der Waals surface area contributed by atoms with E-state index in [4.69, 9.17) is 16.7 Å². The van der Waals surface area contributed by atoms with Crippen molar-refractivity contribution >= 4 is 28.9 Å². The lowest BCUT2D eigenvalue weighted by Gasteiger charge is -2.03. The third-order valence-electron chi connectivity index (χ3n) is 2.32. The van der Waals surface area contributed by atoms with Gasteiger partial charge in [0.15, 0.2) is 0 Å². The minimum Gasteiger partial charge on any atom is -0.478 e. The SMILES string of the molecule is Cc1scc(C(=O)O)c1-c1cccc(Cl)c1. The monoisotopic (exact) mass is 252 g/mol. The Balaban J connectivity index is 2.63. The van der Waals surface area contributed by atoms with Gasteiger partial charge in [-0.1, -0.05) is 23.7 Å². The molecular formula is C12H9ClO2S. The van der Waals surface area contributed by atoms with E-state index in [-0.39, 0.29) is 0 Å². The van der Waals surface area contributed by atoms with Gasteiger partial charge in [0, 0.05) is 20.8 Å². The summed E-state index contributed by atoms with van der Waals surface area (Å²) in [5.74, 6) is -0.903. The highest BCUT2D eigenvalue weighted by Crippen LogP contribution is 2.33. The van der Waals surface area contributed by atoms with Gasteiger partial charge in [-0.3, -0.25) is 0 Å². The molecule has 1 N–H and O–H groups in total. The molecule has 0 unspecified atom stereocenters. The second kappa shape index (κ2) is 4.28. The maximum absolute atomic E-state index is 11.1. The molecule has 0 saturated carbocycles. The molecule has 0 amide bonds.